The van der Waals surface area contributed by atoms with Crippen LogP contribution in [0.3, 0.4) is 0 Å². The smallest absolute Gasteiger partial charge is 0.336 e. The number of hydrogen-bond acceptors (Lipinski definition) is 4. The molecule has 0 amide bonds. The maximum atomic E-state index is 11.7. The van der Waals surface area contributed by atoms with Crippen LogP contribution in [0.25, 0.3) is 11.0 Å². The van der Waals surface area contributed by atoms with E-state index < -0.39 is 5.63 Å². The van der Waals surface area contributed by atoms with Crippen LogP contribution in [-0.4, -0.2) is 12.4 Å². The molecule has 2 heterocycles. The van der Waals surface area contributed by atoms with Gasteiger partial charge < -0.3 is 9.15 Å². The summed E-state index contributed by atoms with van der Waals surface area (Å²) >= 11 is 0. The molecule has 0 saturated carbocycles. The molecule has 0 spiro atoms. The summed E-state index contributed by atoms with van der Waals surface area (Å²) in [6.45, 7) is 2.24. The molecule has 1 aromatic heterocycles. The summed E-state index contributed by atoms with van der Waals surface area (Å²) in [4.78, 5) is 23.0. The Bertz CT molecular complexity index is 682. The third-order valence-corrected chi connectivity index (χ3v) is 2.94. The van der Waals surface area contributed by atoms with Crippen LogP contribution in [0, 0.1) is 6.92 Å². The molecule has 3 rings (SSSR count). The van der Waals surface area contributed by atoms with Crippen LogP contribution in [0.2, 0.25) is 0 Å². The summed E-state index contributed by atoms with van der Waals surface area (Å²) in [6, 6.07) is 4.79. The third kappa shape index (κ3) is 1.53. The zero-order valence-electron chi connectivity index (χ0n) is 9.28. The number of carbonyl (C=O) groups is 1. The SMILES string of the molecule is Cc1cc(=O)oc2cc3c(cc12)OCCC3=O. The Balaban J connectivity index is 2.39. The highest BCUT2D eigenvalue weighted by molar-refractivity contribution is 6.03. The van der Waals surface area contributed by atoms with Crippen molar-refractivity contribution in [2.45, 2.75) is 13.3 Å². The molecule has 1 aliphatic rings. The van der Waals surface area contributed by atoms with E-state index in [0.717, 1.165) is 10.9 Å². The predicted octanol–water partition coefficient (Wildman–Crippen LogP) is 2.07. The molecule has 0 saturated heterocycles. The molecule has 0 aliphatic carbocycles. The van der Waals surface area contributed by atoms with Crippen LogP contribution in [0.1, 0.15) is 22.3 Å². The molecule has 0 radical (unpaired) electrons. The lowest BCUT2D eigenvalue weighted by Gasteiger charge is -2.16. The fourth-order valence-corrected chi connectivity index (χ4v) is 2.07. The van der Waals surface area contributed by atoms with Crippen LogP contribution in [0.15, 0.2) is 27.4 Å². The minimum absolute atomic E-state index is 0.0253. The lowest BCUT2D eigenvalue weighted by molar-refractivity contribution is 0.0933. The van der Waals surface area contributed by atoms with Crippen LogP contribution in [0.4, 0.5) is 0 Å². The number of aryl methyl sites for hydroxylation is 1. The summed E-state index contributed by atoms with van der Waals surface area (Å²) in [5.74, 6) is 0.600. The fourth-order valence-electron chi connectivity index (χ4n) is 2.07. The number of benzene rings is 1. The van der Waals surface area contributed by atoms with Gasteiger partial charge in [-0.3, -0.25) is 4.79 Å². The van der Waals surface area contributed by atoms with Crippen LogP contribution < -0.4 is 10.4 Å². The number of Topliss-reactive ketones (excluding diaryl/α,β-unsaturated/α-hetero) is 1. The van der Waals surface area contributed by atoms with Gasteiger partial charge in [-0.1, -0.05) is 0 Å². The normalized spacial score (nSPS) is 14.5. The van der Waals surface area contributed by atoms with Gasteiger partial charge in [0.1, 0.15) is 11.3 Å². The fraction of sp³-hybridized carbons (Fsp3) is 0.231. The van der Waals surface area contributed by atoms with Crippen molar-refractivity contribution in [1.82, 2.24) is 0 Å². The largest absolute Gasteiger partial charge is 0.492 e. The Hall–Kier alpha value is -2.10. The van der Waals surface area contributed by atoms with E-state index in [0.29, 0.717) is 29.9 Å². The highest BCUT2D eigenvalue weighted by atomic mass is 16.5. The van der Waals surface area contributed by atoms with Crippen molar-refractivity contribution in [1.29, 1.82) is 0 Å². The topological polar surface area (TPSA) is 56.5 Å². The van der Waals surface area contributed by atoms with Gasteiger partial charge in [-0.2, -0.15) is 0 Å². The maximum Gasteiger partial charge on any atom is 0.336 e. The van der Waals surface area contributed by atoms with Crippen molar-refractivity contribution in [3.8, 4) is 5.75 Å². The van der Waals surface area contributed by atoms with Gasteiger partial charge in [-0.15, -0.1) is 0 Å². The Labute approximate surface area is 96.8 Å². The summed E-state index contributed by atoms with van der Waals surface area (Å²) in [5.41, 5.74) is 1.35. The first-order chi connectivity index (χ1) is 8.15. The van der Waals surface area contributed by atoms with Gasteiger partial charge in [0.2, 0.25) is 0 Å². The number of ketones is 1. The Kier molecular flexibility index (Phi) is 2.04. The lowest BCUT2D eigenvalue weighted by atomic mass is 10.0. The summed E-state index contributed by atoms with van der Waals surface area (Å²) in [7, 11) is 0. The van der Waals surface area contributed by atoms with Gasteiger partial charge in [0.25, 0.3) is 0 Å². The highest BCUT2D eigenvalue weighted by Crippen LogP contribution is 2.30. The van der Waals surface area contributed by atoms with Crippen LogP contribution in [-0.2, 0) is 0 Å². The molecule has 86 valence electrons. The average molecular weight is 230 g/mol. The standard InChI is InChI=1S/C13H10O4/c1-7-4-13(15)17-12-6-9-10(14)2-3-16-11(9)5-8(7)12/h4-6H,2-3H2,1H3. The number of fused-ring (bicyclic) bond motifs is 2. The van der Waals surface area contributed by atoms with E-state index in [-0.39, 0.29) is 5.78 Å². The van der Waals surface area contributed by atoms with Gasteiger partial charge in [-0.05, 0) is 24.6 Å². The molecule has 0 fully saturated rings. The zero-order chi connectivity index (χ0) is 12.0. The quantitative estimate of drug-likeness (QED) is 0.650. The second-order valence-corrected chi connectivity index (χ2v) is 4.11. The summed E-state index contributed by atoms with van der Waals surface area (Å²) in [5, 5.41) is 0.804. The van der Waals surface area contributed by atoms with Crippen molar-refractivity contribution < 1.29 is 13.9 Å². The van der Waals surface area contributed by atoms with E-state index in [1.165, 1.54) is 6.07 Å². The van der Waals surface area contributed by atoms with E-state index in [1.807, 2.05) is 6.92 Å². The molecule has 0 bridgehead atoms. The van der Waals surface area contributed by atoms with Crippen molar-refractivity contribution >= 4 is 16.8 Å². The second kappa shape index (κ2) is 3.45. The molecule has 0 N–H and O–H groups in total. The van der Waals surface area contributed by atoms with Crippen molar-refractivity contribution in [2.24, 2.45) is 0 Å². The van der Waals surface area contributed by atoms with E-state index in [1.54, 1.807) is 12.1 Å². The van der Waals surface area contributed by atoms with Gasteiger partial charge >= 0.3 is 5.63 Å². The molecule has 17 heavy (non-hydrogen) atoms. The molecule has 1 aliphatic heterocycles. The number of carbonyl (C=O) groups excluding carboxylic acids is 1. The monoisotopic (exact) mass is 230 g/mol. The van der Waals surface area contributed by atoms with E-state index in [4.69, 9.17) is 9.15 Å². The van der Waals surface area contributed by atoms with Gasteiger partial charge in [-0.25, -0.2) is 4.79 Å². The molecule has 1 aromatic carbocycles. The minimum atomic E-state index is -0.404. The first kappa shape index (κ1) is 10.1. The molecule has 0 unspecified atom stereocenters. The summed E-state index contributed by atoms with van der Waals surface area (Å²) in [6.07, 6.45) is 0.370. The Morgan fingerprint density at radius 2 is 2.00 bits per heavy atom. The van der Waals surface area contributed by atoms with Gasteiger partial charge in [0.05, 0.1) is 12.2 Å². The van der Waals surface area contributed by atoms with E-state index in [9.17, 15) is 9.59 Å². The molecule has 4 nitrogen and oxygen atoms in total. The first-order valence-electron chi connectivity index (χ1n) is 5.39. The van der Waals surface area contributed by atoms with Crippen molar-refractivity contribution in [2.75, 3.05) is 6.61 Å². The molecule has 2 aromatic rings. The number of hydrogen-bond donors (Lipinski definition) is 0. The van der Waals surface area contributed by atoms with Crippen molar-refractivity contribution in [3.05, 3.63) is 39.7 Å². The van der Waals surface area contributed by atoms with Crippen LogP contribution >= 0.6 is 0 Å². The highest BCUT2D eigenvalue weighted by Gasteiger charge is 2.20. The molecular weight excluding hydrogens is 220 g/mol. The van der Waals surface area contributed by atoms with Gasteiger partial charge in [0, 0.05) is 17.9 Å². The van der Waals surface area contributed by atoms with E-state index in [2.05, 4.69) is 0 Å². The Morgan fingerprint density at radius 1 is 1.18 bits per heavy atom. The lowest BCUT2D eigenvalue weighted by Crippen LogP contribution is -2.15. The third-order valence-electron chi connectivity index (χ3n) is 2.94. The minimum Gasteiger partial charge on any atom is -0.492 e. The average Bonchev–Trinajstić information content (AvgIpc) is 2.28. The van der Waals surface area contributed by atoms with Gasteiger partial charge in [0.15, 0.2) is 5.78 Å². The molecule has 4 heteroatoms. The number of ether oxygens (including phenoxy) is 1. The zero-order valence-corrected chi connectivity index (χ0v) is 9.28. The van der Waals surface area contributed by atoms with Crippen molar-refractivity contribution in [3.63, 3.8) is 0 Å². The van der Waals surface area contributed by atoms with E-state index >= 15 is 0 Å². The second-order valence-electron chi connectivity index (χ2n) is 4.11. The first-order valence-corrected chi connectivity index (χ1v) is 5.39. The molecule has 0 atom stereocenters. The Morgan fingerprint density at radius 3 is 2.82 bits per heavy atom. The number of rotatable bonds is 0. The maximum absolute atomic E-state index is 11.7. The summed E-state index contributed by atoms with van der Waals surface area (Å²) < 4.78 is 10.5. The van der Waals surface area contributed by atoms with Crippen LogP contribution in [0.5, 0.6) is 5.75 Å². The predicted molar refractivity (Wildman–Crippen MR) is 61.7 cm³/mol. The molecular formula is C13H10O4.